The predicted octanol–water partition coefficient (Wildman–Crippen LogP) is 0.669. The van der Waals surface area contributed by atoms with Crippen molar-refractivity contribution in [2.75, 3.05) is 0 Å². The summed E-state index contributed by atoms with van der Waals surface area (Å²) in [4.78, 5) is 16.1. The molecule has 6 nitrogen and oxygen atoms in total. The van der Waals surface area contributed by atoms with E-state index in [0.29, 0.717) is 0 Å². The van der Waals surface area contributed by atoms with Crippen molar-refractivity contribution < 1.29 is 9.90 Å². The molecule has 0 fully saturated rings. The largest absolute Gasteiger partial charge is 0.478 e. The van der Waals surface area contributed by atoms with Gasteiger partial charge in [-0.2, -0.15) is 10.2 Å². The lowest BCUT2D eigenvalue weighted by Gasteiger charge is -2.03. The van der Waals surface area contributed by atoms with Crippen LogP contribution in [0.25, 0.3) is 5.82 Å². The van der Waals surface area contributed by atoms with Gasteiger partial charge in [0.2, 0.25) is 0 Å². The number of aromatic carboxylic acids is 1. The molecular weight excluding hydrogens is 196 g/mol. The van der Waals surface area contributed by atoms with Crippen LogP contribution in [0.2, 0.25) is 0 Å². The number of carboxylic acid groups (broad SMARTS) is 1. The topological polar surface area (TPSA) is 80.9 Å². The van der Waals surface area contributed by atoms with Gasteiger partial charge in [0.05, 0.1) is 12.4 Å². The highest BCUT2D eigenvalue weighted by atomic mass is 16.4. The molecule has 2 aromatic rings. The van der Waals surface area contributed by atoms with Crippen molar-refractivity contribution in [1.29, 1.82) is 0 Å². The van der Waals surface area contributed by atoms with Crippen molar-refractivity contribution >= 4 is 5.97 Å². The smallest absolute Gasteiger partial charge is 0.339 e. The number of aromatic nitrogens is 4. The fraction of sp³-hybridized carbons (Fsp3) is 0.111. The molecule has 2 heterocycles. The minimum atomic E-state index is -1.04. The van der Waals surface area contributed by atoms with Crippen LogP contribution in [0.5, 0.6) is 0 Å². The second kappa shape index (κ2) is 3.49. The Bertz CT molecular complexity index is 493. The van der Waals surface area contributed by atoms with Gasteiger partial charge in [-0.25, -0.2) is 9.78 Å². The number of pyridine rings is 1. The van der Waals surface area contributed by atoms with Gasteiger partial charge in [0, 0.05) is 6.20 Å². The van der Waals surface area contributed by atoms with Gasteiger partial charge in [-0.3, -0.25) is 0 Å². The van der Waals surface area contributed by atoms with E-state index in [9.17, 15) is 4.79 Å². The standard InChI is InChI=1S/C9H8N4O2/c1-6-4-7(9(14)15)8(10-5-6)13-11-2-3-12-13/h2-5H,1H3,(H,14,15). The van der Waals surface area contributed by atoms with Gasteiger partial charge in [0.25, 0.3) is 0 Å². The van der Waals surface area contributed by atoms with Gasteiger partial charge >= 0.3 is 5.97 Å². The van der Waals surface area contributed by atoms with Crippen LogP contribution in [0.15, 0.2) is 24.7 Å². The normalized spacial score (nSPS) is 10.2. The third-order valence-electron chi connectivity index (χ3n) is 1.84. The molecule has 0 spiro atoms. The van der Waals surface area contributed by atoms with Gasteiger partial charge in [0.15, 0.2) is 5.82 Å². The predicted molar refractivity (Wildman–Crippen MR) is 50.9 cm³/mol. The van der Waals surface area contributed by atoms with Gasteiger partial charge in [-0.15, -0.1) is 4.80 Å². The molecule has 2 rings (SSSR count). The average Bonchev–Trinajstić information content (AvgIpc) is 2.70. The SMILES string of the molecule is Cc1cnc(-n2nccn2)c(C(=O)O)c1. The fourth-order valence-electron chi connectivity index (χ4n) is 1.20. The number of rotatable bonds is 2. The molecular formula is C9H8N4O2. The molecule has 0 saturated carbocycles. The van der Waals surface area contributed by atoms with E-state index in [2.05, 4.69) is 15.2 Å². The Balaban J connectivity index is 2.61. The Morgan fingerprint density at radius 1 is 1.40 bits per heavy atom. The summed E-state index contributed by atoms with van der Waals surface area (Å²) in [5.41, 5.74) is 0.870. The summed E-state index contributed by atoms with van der Waals surface area (Å²) in [5, 5.41) is 16.7. The number of nitrogens with zero attached hydrogens (tertiary/aromatic N) is 4. The minimum Gasteiger partial charge on any atom is -0.478 e. The molecule has 0 atom stereocenters. The van der Waals surface area contributed by atoms with E-state index in [1.165, 1.54) is 23.3 Å². The van der Waals surface area contributed by atoms with Crippen molar-refractivity contribution in [2.24, 2.45) is 0 Å². The van der Waals surface area contributed by atoms with E-state index < -0.39 is 5.97 Å². The molecule has 0 bridgehead atoms. The summed E-state index contributed by atoms with van der Waals surface area (Å²) in [7, 11) is 0. The molecule has 76 valence electrons. The Labute approximate surface area is 85.2 Å². The number of hydrogen-bond donors (Lipinski definition) is 1. The molecule has 6 heteroatoms. The summed E-state index contributed by atoms with van der Waals surface area (Å²) >= 11 is 0. The maximum Gasteiger partial charge on any atom is 0.339 e. The zero-order valence-electron chi connectivity index (χ0n) is 7.95. The fourth-order valence-corrected chi connectivity index (χ4v) is 1.20. The average molecular weight is 204 g/mol. The molecule has 2 aromatic heterocycles. The van der Waals surface area contributed by atoms with Crippen LogP contribution < -0.4 is 0 Å². The minimum absolute atomic E-state index is 0.0891. The van der Waals surface area contributed by atoms with Crippen molar-refractivity contribution in [1.82, 2.24) is 20.0 Å². The van der Waals surface area contributed by atoms with Crippen LogP contribution in [-0.4, -0.2) is 31.1 Å². The van der Waals surface area contributed by atoms with Crippen molar-refractivity contribution in [3.63, 3.8) is 0 Å². The lowest BCUT2D eigenvalue weighted by atomic mass is 10.2. The molecule has 1 N–H and O–H groups in total. The van der Waals surface area contributed by atoms with Crippen LogP contribution in [0, 0.1) is 6.92 Å². The monoisotopic (exact) mass is 204 g/mol. The first-order valence-corrected chi connectivity index (χ1v) is 4.25. The molecule has 0 saturated heterocycles. The highest BCUT2D eigenvalue weighted by molar-refractivity contribution is 5.91. The zero-order chi connectivity index (χ0) is 10.8. The van der Waals surface area contributed by atoms with Crippen molar-refractivity contribution in [3.8, 4) is 5.82 Å². The van der Waals surface area contributed by atoms with E-state index in [1.807, 2.05) is 0 Å². The van der Waals surface area contributed by atoms with Crippen LogP contribution in [0.1, 0.15) is 15.9 Å². The van der Waals surface area contributed by atoms with E-state index >= 15 is 0 Å². The molecule has 15 heavy (non-hydrogen) atoms. The first kappa shape index (κ1) is 9.32. The first-order valence-electron chi connectivity index (χ1n) is 4.25. The van der Waals surface area contributed by atoms with E-state index in [0.717, 1.165) is 5.56 Å². The van der Waals surface area contributed by atoms with Crippen molar-refractivity contribution in [3.05, 3.63) is 35.8 Å². The summed E-state index contributed by atoms with van der Waals surface area (Å²) < 4.78 is 0. The summed E-state index contributed by atoms with van der Waals surface area (Å²) in [6.45, 7) is 1.78. The Morgan fingerprint density at radius 3 is 2.67 bits per heavy atom. The van der Waals surface area contributed by atoms with Crippen LogP contribution >= 0.6 is 0 Å². The first-order chi connectivity index (χ1) is 7.18. The lowest BCUT2D eigenvalue weighted by molar-refractivity contribution is 0.0696. The maximum absolute atomic E-state index is 11.0. The number of hydrogen-bond acceptors (Lipinski definition) is 4. The number of carboxylic acids is 1. The number of carbonyl (C=O) groups is 1. The van der Waals surface area contributed by atoms with Gasteiger partial charge < -0.3 is 5.11 Å². The van der Waals surface area contributed by atoms with E-state index in [4.69, 9.17) is 5.11 Å². The zero-order valence-corrected chi connectivity index (χ0v) is 7.95. The van der Waals surface area contributed by atoms with Gasteiger partial charge in [-0.1, -0.05) is 0 Å². The summed E-state index contributed by atoms with van der Waals surface area (Å²) in [6.07, 6.45) is 4.51. The second-order valence-corrected chi connectivity index (χ2v) is 3.01. The molecule has 0 unspecified atom stereocenters. The Kier molecular flexibility index (Phi) is 2.17. The molecule has 0 aliphatic heterocycles. The van der Waals surface area contributed by atoms with Gasteiger partial charge in [-0.05, 0) is 18.6 Å². The van der Waals surface area contributed by atoms with Crippen LogP contribution in [0.4, 0.5) is 0 Å². The molecule has 0 aromatic carbocycles. The third-order valence-corrected chi connectivity index (χ3v) is 1.84. The van der Waals surface area contributed by atoms with Crippen LogP contribution in [0.3, 0.4) is 0 Å². The van der Waals surface area contributed by atoms with Crippen molar-refractivity contribution in [2.45, 2.75) is 6.92 Å². The second-order valence-electron chi connectivity index (χ2n) is 3.01. The lowest BCUT2D eigenvalue weighted by Crippen LogP contribution is -2.10. The third kappa shape index (κ3) is 1.69. The molecule has 0 radical (unpaired) electrons. The molecule has 0 amide bonds. The highest BCUT2D eigenvalue weighted by Gasteiger charge is 2.14. The Hall–Kier alpha value is -2.24. The Morgan fingerprint density at radius 2 is 2.07 bits per heavy atom. The quantitative estimate of drug-likeness (QED) is 0.777. The van der Waals surface area contributed by atoms with E-state index in [1.54, 1.807) is 13.1 Å². The molecule has 0 aliphatic rings. The van der Waals surface area contributed by atoms with Gasteiger partial charge in [0.1, 0.15) is 5.56 Å². The molecule has 0 aliphatic carbocycles. The summed E-state index contributed by atoms with van der Waals surface area (Å²) in [5.74, 6) is -0.823. The van der Waals surface area contributed by atoms with Crippen LogP contribution in [-0.2, 0) is 0 Å². The number of aryl methyl sites for hydroxylation is 1. The maximum atomic E-state index is 11.0. The highest BCUT2D eigenvalue weighted by Crippen LogP contribution is 2.11. The summed E-state index contributed by atoms with van der Waals surface area (Å²) in [6, 6.07) is 1.54. The van der Waals surface area contributed by atoms with E-state index in [-0.39, 0.29) is 11.4 Å².